The fourth-order valence-corrected chi connectivity index (χ4v) is 7.62. The molecule has 1 heteroatoms. The zero-order valence-corrected chi connectivity index (χ0v) is 26.1. The van der Waals surface area contributed by atoms with E-state index in [0.29, 0.717) is 0 Å². The zero-order chi connectivity index (χ0) is 30.2. The van der Waals surface area contributed by atoms with Gasteiger partial charge in [-0.25, -0.2) is 0 Å². The van der Waals surface area contributed by atoms with Gasteiger partial charge < -0.3 is 0 Å². The van der Waals surface area contributed by atoms with Crippen molar-refractivity contribution in [1.29, 1.82) is 0 Å². The maximum Gasteiger partial charge on any atom is 0.0123 e. The standard InChI is InChI=1S/C44H34S/c45-44-40(27-32-17-9-3-10-18-32)38-23-21-36-34(25-30-13-5-1-6-14-30)29-35(26-31-15-7-2-8-16-31)37-22-24-39(43(38)42(36)37)41(44)28-33-19-11-4-12-20-33/h1-24,29,45H,25-28H2. The molecule has 216 valence electrons. The first kappa shape index (κ1) is 27.7. The topological polar surface area (TPSA) is 0 Å². The van der Waals surface area contributed by atoms with Gasteiger partial charge in [0.25, 0.3) is 0 Å². The van der Waals surface area contributed by atoms with Crippen molar-refractivity contribution in [2.24, 2.45) is 0 Å². The average Bonchev–Trinajstić information content (AvgIpc) is 3.09. The average molecular weight is 595 g/mol. The van der Waals surface area contributed by atoms with E-state index in [2.05, 4.69) is 152 Å². The summed E-state index contributed by atoms with van der Waals surface area (Å²) in [5.74, 6) is 0. The summed E-state index contributed by atoms with van der Waals surface area (Å²) >= 11 is 5.33. The van der Waals surface area contributed by atoms with E-state index in [1.54, 1.807) is 0 Å². The lowest BCUT2D eigenvalue weighted by Gasteiger charge is -2.23. The first-order valence-corrected chi connectivity index (χ1v) is 16.3. The van der Waals surface area contributed by atoms with E-state index in [0.717, 1.165) is 30.6 Å². The van der Waals surface area contributed by atoms with E-state index in [4.69, 9.17) is 12.6 Å². The van der Waals surface area contributed by atoms with E-state index in [9.17, 15) is 0 Å². The molecule has 0 saturated carbocycles. The van der Waals surface area contributed by atoms with Crippen molar-refractivity contribution in [2.75, 3.05) is 0 Å². The molecule has 0 fully saturated rings. The summed E-state index contributed by atoms with van der Waals surface area (Å²) < 4.78 is 0. The normalized spacial score (nSPS) is 11.6. The van der Waals surface area contributed by atoms with E-state index in [1.807, 2.05) is 0 Å². The Balaban J connectivity index is 1.44. The number of hydrogen-bond donors (Lipinski definition) is 1. The Morgan fingerprint density at radius 1 is 0.333 bits per heavy atom. The molecule has 8 aromatic rings. The van der Waals surface area contributed by atoms with Crippen molar-refractivity contribution in [3.63, 3.8) is 0 Å². The van der Waals surface area contributed by atoms with Crippen LogP contribution < -0.4 is 0 Å². The lowest BCUT2D eigenvalue weighted by atomic mass is 9.82. The van der Waals surface area contributed by atoms with Crippen LogP contribution in [0.3, 0.4) is 0 Å². The van der Waals surface area contributed by atoms with Crippen LogP contribution in [0.1, 0.15) is 44.5 Å². The summed E-state index contributed by atoms with van der Waals surface area (Å²) in [5, 5.41) is 8.11. The molecule has 8 aromatic carbocycles. The van der Waals surface area contributed by atoms with Crippen molar-refractivity contribution in [3.8, 4) is 0 Å². The Morgan fingerprint density at radius 2 is 0.644 bits per heavy atom. The second kappa shape index (κ2) is 11.9. The van der Waals surface area contributed by atoms with Gasteiger partial charge in [0.2, 0.25) is 0 Å². The molecule has 0 aliphatic carbocycles. The minimum atomic E-state index is 0.851. The van der Waals surface area contributed by atoms with E-state index < -0.39 is 0 Å². The second-order valence-electron chi connectivity index (χ2n) is 12.2. The van der Waals surface area contributed by atoms with Crippen molar-refractivity contribution in [2.45, 2.75) is 30.6 Å². The fourth-order valence-electron chi connectivity index (χ4n) is 7.22. The van der Waals surface area contributed by atoms with Crippen LogP contribution in [0, 0.1) is 0 Å². The van der Waals surface area contributed by atoms with Crippen LogP contribution in [0.15, 0.2) is 157 Å². The Kier molecular flexibility index (Phi) is 7.33. The maximum absolute atomic E-state index is 5.33. The molecule has 0 N–H and O–H groups in total. The molecule has 0 aliphatic rings. The molecular weight excluding hydrogens is 561 g/mol. The molecular formula is C44H34S. The molecule has 0 amide bonds. The summed E-state index contributed by atoms with van der Waals surface area (Å²) in [6.07, 6.45) is 3.51. The summed E-state index contributed by atoms with van der Waals surface area (Å²) in [5.41, 5.74) is 10.7. The predicted octanol–water partition coefficient (Wildman–Crippen LogP) is 11.2. The molecule has 8 rings (SSSR count). The fraction of sp³-hybridized carbons (Fsp3) is 0.0909. The van der Waals surface area contributed by atoms with E-state index >= 15 is 0 Å². The Labute approximate surface area is 270 Å². The first-order chi connectivity index (χ1) is 22.2. The molecule has 0 radical (unpaired) electrons. The highest BCUT2D eigenvalue weighted by Crippen LogP contribution is 2.44. The second-order valence-corrected chi connectivity index (χ2v) is 12.7. The van der Waals surface area contributed by atoms with Gasteiger partial charge in [0.1, 0.15) is 0 Å². The van der Waals surface area contributed by atoms with Gasteiger partial charge in [-0.05, 0) is 103 Å². The van der Waals surface area contributed by atoms with Crippen molar-refractivity contribution >= 4 is 44.9 Å². The first-order valence-electron chi connectivity index (χ1n) is 15.8. The highest BCUT2D eigenvalue weighted by molar-refractivity contribution is 7.80. The molecule has 0 atom stereocenters. The SMILES string of the molecule is Sc1c(Cc2ccccc2)c2ccc3c(Cc4ccccc4)cc(Cc4ccccc4)c4ccc(c1Cc1ccccc1)c2c34. The lowest BCUT2D eigenvalue weighted by molar-refractivity contribution is 1.09. The van der Waals surface area contributed by atoms with Gasteiger partial charge in [0.15, 0.2) is 0 Å². The van der Waals surface area contributed by atoms with Crippen molar-refractivity contribution in [3.05, 3.63) is 196 Å². The van der Waals surface area contributed by atoms with Crippen LogP contribution >= 0.6 is 12.6 Å². The lowest BCUT2D eigenvalue weighted by Crippen LogP contribution is -2.03. The minimum absolute atomic E-state index is 0.851. The highest BCUT2D eigenvalue weighted by atomic mass is 32.1. The molecule has 0 aliphatic heterocycles. The quantitative estimate of drug-likeness (QED) is 0.131. The summed E-state index contributed by atoms with van der Waals surface area (Å²) in [4.78, 5) is 1.11. The highest BCUT2D eigenvalue weighted by Gasteiger charge is 2.21. The molecule has 45 heavy (non-hydrogen) atoms. The third-order valence-electron chi connectivity index (χ3n) is 9.35. The minimum Gasteiger partial charge on any atom is -0.143 e. The van der Waals surface area contributed by atoms with Crippen LogP contribution in [0.2, 0.25) is 0 Å². The van der Waals surface area contributed by atoms with Gasteiger partial charge in [-0.3, -0.25) is 0 Å². The van der Waals surface area contributed by atoms with Gasteiger partial charge in [-0.2, -0.15) is 0 Å². The summed E-state index contributed by atoms with van der Waals surface area (Å²) in [6.45, 7) is 0. The van der Waals surface area contributed by atoms with Crippen LogP contribution in [-0.4, -0.2) is 0 Å². The number of thiol groups is 1. The zero-order valence-electron chi connectivity index (χ0n) is 25.2. The summed E-state index contributed by atoms with van der Waals surface area (Å²) in [6, 6.07) is 55.5. The van der Waals surface area contributed by atoms with Gasteiger partial charge >= 0.3 is 0 Å². The number of hydrogen-bond acceptors (Lipinski definition) is 1. The Hall–Kier alpha value is -4.85. The molecule has 0 aromatic heterocycles. The molecule has 0 heterocycles. The third-order valence-corrected chi connectivity index (χ3v) is 9.89. The van der Waals surface area contributed by atoms with E-state index in [1.165, 1.54) is 76.8 Å². The van der Waals surface area contributed by atoms with Crippen LogP contribution in [0.4, 0.5) is 0 Å². The Bertz CT molecular complexity index is 2080. The van der Waals surface area contributed by atoms with Crippen molar-refractivity contribution < 1.29 is 0 Å². The smallest absolute Gasteiger partial charge is 0.0123 e. The number of benzene rings is 8. The Morgan fingerprint density at radius 3 is 1.02 bits per heavy atom. The molecule has 0 saturated heterocycles. The molecule has 0 bridgehead atoms. The van der Waals surface area contributed by atoms with Gasteiger partial charge in [0, 0.05) is 4.90 Å². The van der Waals surface area contributed by atoms with Crippen LogP contribution in [0.5, 0.6) is 0 Å². The molecule has 0 unspecified atom stereocenters. The molecule has 0 spiro atoms. The maximum atomic E-state index is 5.33. The predicted molar refractivity (Wildman–Crippen MR) is 194 cm³/mol. The van der Waals surface area contributed by atoms with Crippen molar-refractivity contribution in [1.82, 2.24) is 0 Å². The van der Waals surface area contributed by atoms with E-state index in [-0.39, 0.29) is 0 Å². The number of rotatable bonds is 8. The monoisotopic (exact) mass is 594 g/mol. The summed E-state index contributed by atoms with van der Waals surface area (Å²) in [7, 11) is 0. The van der Waals surface area contributed by atoms with Gasteiger partial charge in [-0.15, -0.1) is 12.6 Å². The largest absolute Gasteiger partial charge is 0.143 e. The molecule has 0 nitrogen and oxygen atoms in total. The third kappa shape index (κ3) is 5.28. The van der Waals surface area contributed by atoms with Crippen LogP contribution in [0.25, 0.3) is 32.3 Å². The van der Waals surface area contributed by atoms with Gasteiger partial charge in [-0.1, -0.05) is 152 Å². The van der Waals surface area contributed by atoms with Crippen LogP contribution in [-0.2, 0) is 25.7 Å². The van der Waals surface area contributed by atoms with Gasteiger partial charge in [0.05, 0.1) is 0 Å².